The van der Waals surface area contributed by atoms with Crippen molar-refractivity contribution >= 4 is 38.9 Å². The van der Waals surface area contributed by atoms with Crippen LogP contribution in [-0.2, 0) is 0 Å². The van der Waals surface area contributed by atoms with Gasteiger partial charge >= 0.3 is 0 Å². The highest BCUT2D eigenvalue weighted by Crippen LogP contribution is 2.35. The molecule has 2 rings (SSSR count). The molecule has 0 radical (unpaired) electrons. The lowest BCUT2D eigenvalue weighted by Gasteiger charge is -2.15. The maximum atomic E-state index is 13.9. The summed E-state index contributed by atoms with van der Waals surface area (Å²) in [7, 11) is 0. The number of nitrogens with two attached hydrogens (primary N) is 1. The second-order valence-corrected chi connectivity index (χ2v) is 6.71. The molecule has 0 amide bonds. The molecule has 2 aromatic rings. The number of hydrogen-bond donors (Lipinski definition) is 2. The number of hydrogen-bond acceptors (Lipinski definition) is 3. The zero-order chi connectivity index (χ0) is 13.3. The van der Waals surface area contributed by atoms with Gasteiger partial charge < -0.3 is 0 Å². The molecule has 0 saturated heterocycles. The molecule has 0 fully saturated rings. The summed E-state index contributed by atoms with van der Waals surface area (Å²) in [5.74, 6) is 5.18. The van der Waals surface area contributed by atoms with Crippen LogP contribution >= 0.6 is 38.9 Å². The maximum absolute atomic E-state index is 13.9. The van der Waals surface area contributed by atoms with Crippen LogP contribution in [-0.4, -0.2) is 0 Å². The molecule has 2 nitrogen and oxygen atoms in total. The minimum atomic E-state index is -0.378. The summed E-state index contributed by atoms with van der Waals surface area (Å²) in [4.78, 5) is 0.947. The Labute approximate surface area is 122 Å². The highest BCUT2D eigenvalue weighted by molar-refractivity contribution is 9.11. The minimum absolute atomic E-state index is 0.368. The molecule has 0 aliphatic heterocycles. The van der Waals surface area contributed by atoms with Crippen molar-refractivity contribution in [3.63, 3.8) is 0 Å². The summed E-state index contributed by atoms with van der Waals surface area (Å²) < 4.78 is 14.9. The van der Waals surface area contributed by atoms with Crippen molar-refractivity contribution in [2.45, 2.75) is 13.0 Å². The van der Waals surface area contributed by atoms with E-state index in [1.165, 1.54) is 17.4 Å². The molecule has 3 N–H and O–H groups in total. The first-order valence-electron chi connectivity index (χ1n) is 5.20. The van der Waals surface area contributed by atoms with Gasteiger partial charge in [0.15, 0.2) is 0 Å². The van der Waals surface area contributed by atoms with Crippen molar-refractivity contribution in [2.75, 3.05) is 0 Å². The predicted molar refractivity (Wildman–Crippen MR) is 77.3 cm³/mol. The third-order valence-electron chi connectivity index (χ3n) is 2.60. The number of hydrazine groups is 1. The summed E-state index contributed by atoms with van der Waals surface area (Å²) in [6.45, 7) is 1.98. The fourth-order valence-electron chi connectivity index (χ4n) is 1.69. The average Bonchev–Trinajstić information content (AvgIpc) is 2.63. The van der Waals surface area contributed by atoms with Crippen LogP contribution in [0.25, 0.3) is 0 Å². The number of rotatable bonds is 3. The number of nitrogens with one attached hydrogen (secondary N) is 1. The molecular formula is C12H11BrClFN2S. The average molecular weight is 350 g/mol. The molecule has 18 heavy (non-hydrogen) atoms. The quantitative estimate of drug-likeness (QED) is 0.645. The van der Waals surface area contributed by atoms with E-state index in [4.69, 9.17) is 17.4 Å². The highest BCUT2D eigenvalue weighted by atomic mass is 79.9. The van der Waals surface area contributed by atoms with Crippen LogP contribution in [0.5, 0.6) is 0 Å². The van der Waals surface area contributed by atoms with Gasteiger partial charge in [0.25, 0.3) is 0 Å². The molecule has 96 valence electrons. The summed E-state index contributed by atoms with van der Waals surface area (Å²) in [5, 5.41) is 0.371. The van der Waals surface area contributed by atoms with Crippen LogP contribution in [0.1, 0.15) is 22.0 Å². The second-order valence-electron chi connectivity index (χ2n) is 3.87. The minimum Gasteiger partial charge on any atom is -0.271 e. The first kappa shape index (κ1) is 14.0. The van der Waals surface area contributed by atoms with Crippen LogP contribution in [0.3, 0.4) is 0 Å². The SMILES string of the molecule is Cc1cc(C(NN)c2ccc(Cl)cc2F)sc1Br. The third kappa shape index (κ3) is 2.75. The standard InChI is InChI=1S/C12H11BrClFN2S/c1-6-4-10(18-12(6)13)11(17-16)8-3-2-7(14)5-9(8)15/h2-5,11,17H,16H2,1H3. The van der Waals surface area contributed by atoms with Gasteiger partial charge in [0, 0.05) is 15.5 Å². The Morgan fingerprint density at radius 2 is 2.17 bits per heavy atom. The molecule has 1 unspecified atom stereocenters. The first-order chi connectivity index (χ1) is 8.52. The van der Waals surface area contributed by atoms with Crippen molar-refractivity contribution < 1.29 is 4.39 Å². The van der Waals surface area contributed by atoms with E-state index < -0.39 is 0 Å². The van der Waals surface area contributed by atoms with Gasteiger partial charge in [-0.15, -0.1) is 11.3 Å². The van der Waals surface area contributed by atoms with Gasteiger partial charge in [-0.05, 0) is 46.6 Å². The molecule has 1 aromatic carbocycles. The summed E-state index contributed by atoms with van der Waals surface area (Å²) in [6, 6.07) is 6.19. The predicted octanol–water partition coefficient (Wildman–Crippen LogP) is 4.16. The lowest BCUT2D eigenvalue weighted by molar-refractivity contribution is 0.564. The van der Waals surface area contributed by atoms with E-state index in [0.717, 1.165) is 14.2 Å². The van der Waals surface area contributed by atoms with Crippen LogP contribution in [0.15, 0.2) is 28.1 Å². The zero-order valence-corrected chi connectivity index (χ0v) is 12.7. The topological polar surface area (TPSA) is 38.0 Å². The fraction of sp³-hybridized carbons (Fsp3) is 0.167. The van der Waals surface area contributed by atoms with E-state index in [-0.39, 0.29) is 11.9 Å². The van der Waals surface area contributed by atoms with E-state index in [0.29, 0.717) is 10.6 Å². The van der Waals surface area contributed by atoms with Gasteiger partial charge in [-0.3, -0.25) is 5.84 Å². The molecular weight excluding hydrogens is 339 g/mol. The molecule has 6 heteroatoms. The molecule has 1 heterocycles. The Bertz CT molecular complexity index is 554. The summed E-state index contributed by atoms with van der Waals surface area (Å²) in [5.41, 5.74) is 4.23. The van der Waals surface area contributed by atoms with Gasteiger partial charge in [0.05, 0.1) is 9.83 Å². The van der Waals surface area contributed by atoms with Crippen molar-refractivity contribution in [3.8, 4) is 0 Å². The Morgan fingerprint density at radius 3 is 2.67 bits per heavy atom. The van der Waals surface area contributed by atoms with Crippen LogP contribution < -0.4 is 11.3 Å². The van der Waals surface area contributed by atoms with Crippen LogP contribution in [0.4, 0.5) is 4.39 Å². The van der Waals surface area contributed by atoms with Gasteiger partial charge in [-0.1, -0.05) is 17.7 Å². The Morgan fingerprint density at radius 1 is 1.44 bits per heavy atom. The number of aryl methyl sites for hydroxylation is 1. The highest BCUT2D eigenvalue weighted by Gasteiger charge is 2.19. The van der Waals surface area contributed by atoms with E-state index in [9.17, 15) is 4.39 Å². The molecule has 1 atom stereocenters. The molecule has 0 bridgehead atoms. The summed E-state index contributed by atoms with van der Waals surface area (Å²) in [6.07, 6.45) is 0. The number of halogens is 3. The number of thiophene rings is 1. The molecule has 0 spiro atoms. The van der Waals surface area contributed by atoms with Crippen LogP contribution in [0.2, 0.25) is 5.02 Å². The number of benzene rings is 1. The summed E-state index contributed by atoms with van der Waals surface area (Å²) >= 11 is 10.7. The normalized spacial score (nSPS) is 12.7. The fourth-order valence-corrected chi connectivity index (χ4v) is 3.50. The van der Waals surface area contributed by atoms with Crippen LogP contribution in [0, 0.1) is 12.7 Å². The van der Waals surface area contributed by atoms with E-state index in [1.54, 1.807) is 12.1 Å². The zero-order valence-electron chi connectivity index (χ0n) is 9.51. The monoisotopic (exact) mass is 348 g/mol. The Kier molecular flexibility index (Phi) is 4.40. The van der Waals surface area contributed by atoms with Gasteiger partial charge in [-0.2, -0.15) is 0 Å². The molecule has 0 aliphatic carbocycles. The van der Waals surface area contributed by atoms with Gasteiger partial charge in [0.2, 0.25) is 0 Å². The van der Waals surface area contributed by atoms with Gasteiger partial charge in [-0.25, -0.2) is 9.82 Å². The van der Waals surface area contributed by atoms with Gasteiger partial charge in [0.1, 0.15) is 5.82 Å². The smallest absolute Gasteiger partial charge is 0.129 e. The third-order valence-corrected chi connectivity index (χ3v) is 5.04. The first-order valence-corrected chi connectivity index (χ1v) is 7.18. The molecule has 0 aliphatic rings. The second kappa shape index (κ2) is 5.67. The van der Waals surface area contributed by atoms with Crippen molar-refractivity contribution in [1.29, 1.82) is 0 Å². The lowest BCUT2D eigenvalue weighted by Crippen LogP contribution is -2.28. The Hall–Kier alpha value is -0.460. The largest absolute Gasteiger partial charge is 0.271 e. The van der Waals surface area contributed by atoms with Crippen molar-refractivity contribution in [2.24, 2.45) is 5.84 Å². The van der Waals surface area contributed by atoms with E-state index >= 15 is 0 Å². The lowest BCUT2D eigenvalue weighted by atomic mass is 10.0. The van der Waals surface area contributed by atoms with E-state index in [2.05, 4.69) is 21.4 Å². The maximum Gasteiger partial charge on any atom is 0.129 e. The van der Waals surface area contributed by atoms with Crippen molar-refractivity contribution in [3.05, 3.63) is 54.9 Å². The molecule has 1 aromatic heterocycles. The Balaban J connectivity index is 2.45. The van der Waals surface area contributed by atoms with Crippen molar-refractivity contribution in [1.82, 2.24) is 5.43 Å². The molecule has 0 saturated carbocycles. The van der Waals surface area contributed by atoms with E-state index in [1.807, 2.05) is 13.0 Å².